The van der Waals surface area contributed by atoms with Crippen molar-refractivity contribution in [2.24, 2.45) is 0 Å². The molecule has 0 fully saturated rings. The van der Waals surface area contributed by atoms with Crippen LogP contribution in [0, 0.1) is 5.82 Å². The SMILES string of the molecule is CCc1ccccc1NC(=O)CNC(=O)c1cc(-c2cccc(F)c2)no1. The number of amides is 2. The lowest BCUT2D eigenvalue weighted by Crippen LogP contribution is -2.32. The molecule has 2 N–H and O–H groups in total. The number of hydrogen-bond acceptors (Lipinski definition) is 4. The van der Waals surface area contributed by atoms with Gasteiger partial charge in [0.25, 0.3) is 5.91 Å². The molecule has 0 saturated carbocycles. The summed E-state index contributed by atoms with van der Waals surface area (Å²) in [5, 5.41) is 9.00. The Bertz CT molecular complexity index is 968. The van der Waals surface area contributed by atoms with E-state index in [0.717, 1.165) is 12.0 Å². The first-order valence-corrected chi connectivity index (χ1v) is 8.45. The van der Waals surface area contributed by atoms with Crippen LogP contribution in [0.4, 0.5) is 10.1 Å². The zero-order valence-corrected chi connectivity index (χ0v) is 14.7. The van der Waals surface area contributed by atoms with Gasteiger partial charge in [0.2, 0.25) is 11.7 Å². The van der Waals surface area contributed by atoms with Crippen molar-refractivity contribution in [3.05, 3.63) is 71.7 Å². The van der Waals surface area contributed by atoms with Crippen LogP contribution in [0.15, 0.2) is 59.1 Å². The molecule has 2 amide bonds. The van der Waals surface area contributed by atoms with E-state index in [2.05, 4.69) is 15.8 Å². The third-order valence-electron chi connectivity index (χ3n) is 3.94. The predicted octanol–water partition coefficient (Wildman–Crippen LogP) is 3.41. The summed E-state index contributed by atoms with van der Waals surface area (Å²) in [5.41, 5.74) is 2.55. The van der Waals surface area contributed by atoms with Crippen molar-refractivity contribution in [2.75, 3.05) is 11.9 Å². The molecule has 3 aromatic rings. The minimum absolute atomic E-state index is 0.0592. The van der Waals surface area contributed by atoms with Crippen LogP contribution in [0.3, 0.4) is 0 Å². The zero-order valence-electron chi connectivity index (χ0n) is 14.7. The summed E-state index contributed by atoms with van der Waals surface area (Å²) in [6.07, 6.45) is 0.781. The monoisotopic (exact) mass is 367 g/mol. The summed E-state index contributed by atoms with van der Waals surface area (Å²) < 4.78 is 18.3. The highest BCUT2D eigenvalue weighted by Gasteiger charge is 2.15. The zero-order chi connectivity index (χ0) is 19.2. The number of halogens is 1. The van der Waals surface area contributed by atoms with E-state index >= 15 is 0 Å². The Hall–Kier alpha value is -3.48. The van der Waals surface area contributed by atoms with Crippen LogP contribution in [0.1, 0.15) is 23.0 Å². The average Bonchev–Trinajstić information content (AvgIpc) is 3.17. The Kier molecular flexibility index (Phi) is 5.61. The molecule has 0 aliphatic rings. The van der Waals surface area contributed by atoms with Crippen LogP contribution in [-0.4, -0.2) is 23.5 Å². The third-order valence-corrected chi connectivity index (χ3v) is 3.94. The summed E-state index contributed by atoms with van der Waals surface area (Å²) >= 11 is 0. The first-order valence-electron chi connectivity index (χ1n) is 8.45. The van der Waals surface area contributed by atoms with Crippen LogP contribution >= 0.6 is 0 Å². The Morgan fingerprint density at radius 3 is 2.70 bits per heavy atom. The van der Waals surface area contributed by atoms with E-state index in [0.29, 0.717) is 16.9 Å². The molecule has 0 radical (unpaired) electrons. The number of nitrogens with zero attached hydrogens (tertiary/aromatic N) is 1. The van der Waals surface area contributed by atoms with Crippen LogP contribution in [0.5, 0.6) is 0 Å². The first-order chi connectivity index (χ1) is 13.1. The highest BCUT2D eigenvalue weighted by atomic mass is 19.1. The Balaban J connectivity index is 1.59. The number of aromatic nitrogens is 1. The largest absolute Gasteiger partial charge is 0.350 e. The molecule has 0 spiro atoms. The maximum atomic E-state index is 13.3. The third kappa shape index (κ3) is 4.58. The molecule has 0 bridgehead atoms. The second-order valence-corrected chi connectivity index (χ2v) is 5.83. The maximum Gasteiger partial charge on any atom is 0.290 e. The van der Waals surface area contributed by atoms with Gasteiger partial charge in [0.15, 0.2) is 0 Å². The number of carbonyl (C=O) groups excluding carboxylic acids is 2. The number of carbonyl (C=O) groups is 2. The van der Waals surface area contributed by atoms with E-state index in [9.17, 15) is 14.0 Å². The molecule has 1 heterocycles. The second kappa shape index (κ2) is 8.27. The van der Waals surface area contributed by atoms with Gasteiger partial charge in [0.05, 0.1) is 6.54 Å². The van der Waals surface area contributed by atoms with Gasteiger partial charge in [-0.1, -0.05) is 42.4 Å². The smallest absolute Gasteiger partial charge is 0.290 e. The quantitative estimate of drug-likeness (QED) is 0.699. The number of rotatable bonds is 6. The Morgan fingerprint density at radius 2 is 1.93 bits per heavy atom. The number of nitrogens with one attached hydrogen (secondary N) is 2. The number of anilines is 1. The summed E-state index contributed by atoms with van der Waals surface area (Å²) in [5.74, 6) is -1.40. The molecule has 7 heteroatoms. The highest BCUT2D eigenvalue weighted by molar-refractivity contribution is 5.98. The fraction of sp³-hybridized carbons (Fsp3) is 0.150. The summed E-state index contributed by atoms with van der Waals surface area (Å²) in [7, 11) is 0. The lowest BCUT2D eigenvalue weighted by Gasteiger charge is -2.09. The van der Waals surface area contributed by atoms with Gasteiger partial charge in [-0.3, -0.25) is 9.59 Å². The average molecular weight is 367 g/mol. The second-order valence-electron chi connectivity index (χ2n) is 5.83. The van der Waals surface area contributed by atoms with E-state index in [-0.39, 0.29) is 18.2 Å². The van der Waals surface area contributed by atoms with Crippen LogP contribution in [0.25, 0.3) is 11.3 Å². The standard InChI is InChI=1S/C20H18FN3O3/c1-2-13-6-3-4-9-16(13)23-19(25)12-22-20(26)18-11-17(24-27-18)14-7-5-8-15(21)10-14/h3-11H,2,12H2,1H3,(H,22,26)(H,23,25). The van der Waals surface area contributed by atoms with Gasteiger partial charge in [-0.25, -0.2) is 4.39 Å². The molecule has 0 saturated heterocycles. The van der Waals surface area contributed by atoms with Gasteiger partial charge >= 0.3 is 0 Å². The lowest BCUT2D eigenvalue weighted by molar-refractivity contribution is -0.115. The van der Waals surface area contributed by atoms with Crippen molar-refractivity contribution in [1.82, 2.24) is 10.5 Å². The highest BCUT2D eigenvalue weighted by Crippen LogP contribution is 2.20. The maximum absolute atomic E-state index is 13.3. The predicted molar refractivity (Wildman–Crippen MR) is 98.7 cm³/mol. The minimum Gasteiger partial charge on any atom is -0.350 e. The van der Waals surface area contributed by atoms with Crippen molar-refractivity contribution >= 4 is 17.5 Å². The van der Waals surface area contributed by atoms with Crippen LogP contribution in [0.2, 0.25) is 0 Å². The Labute approximate surface area is 155 Å². The number of hydrogen-bond donors (Lipinski definition) is 2. The van der Waals surface area contributed by atoms with Crippen molar-refractivity contribution in [3.63, 3.8) is 0 Å². The molecule has 0 aliphatic carbocycles. The summed E-state index contributed by atoms with van der Waals surface area (Å²) in [6, 6.07) is 14.7. The fourth-order valence-electron chi connectivity index (χ4n) is 2.56. The number of aryl methyl sites for hydroxylation is 1. The molecular weight excluding hydrogens is 349 g/mol. The summed E-state index contributed by atoms with van der Waals surface area (Å²) in [4.78, 5) is 24.2. The molecule has 27 heavy (non-hydrogen) atoms. The normalized spacial score (nSPS) is 10.4. The lowest BCUT2D eigenvalue weighted by atomic mass is 10.1. The van der Waals surface area contributed by atoms with Crippen LogP contribution in [-0.2, 0) is 11.2 Å². The van der Waals surface area contributed by atoms with Gasteiger partial charge in [-0.2, -0.15) is 0 Å². The van der Waals surface area contributed by atoms with Crippen molar-refractivity contribution < 1.29 is 18.5 Å². The molecule has 6 nitrogen and oxygen atoms in total. The Morgan fingerprint density at radius 1 is 1.11 bits per heavy atom. The van der Waals surface area contributed by atoms with E-state index in [1.807, 2.05) is 25.1 Å². The van der Waals surface area contributed by atoms with Crippen molar-refractivity contribution in [2.45, 2.75) is 13.3 Å². The van der Waals surface area contributed by atoms with Gasteiger partial charge in [-0.15, -0.1) is 0 Å². The topological polar surface area (TPSA) is 84.2 Å². The van der Waals surface area contributed by atoms with E-state index in [1.54, 1.807) is 12.1 Å². The van der Waals surface area contributed by atoms with Crippen molar-refractivity contribution in [3.8, 4) is 11.3 Å². The molecule has 3 rings (SSSR count). The molecule has 138 valence electrons. The molecular formula is C20H18FN3O3. The molecule has 0 atom stereocenters. The fourth-order valence-corrected chi connectivity index (χ4v) is 2.56. The number of para-hydroxylation sites is 1. The van der Waals surface area contributed by atoms with Gasteiger partial charge in [-0.05, 0) is 30.2 Å². The van der Waals surface area contributed by atoms with Crippen LogP contribution < -0.4 is 10.6 Å². The molecule has 0 aliphatic heterocycles. The van der Waals surface area contributed by atoms with E-state index in [4.69, 9.17) is 4.52 Å². The number of benzene rings is 2. The minimum atomic E-state index is -0.580. The molecule has 2 aromatic carbocycles. The van der Waals surface area contributed by atoms with Gasteiger partial charge < -0.3 is 15.2 Å². The molecule has 1 aromatic heterocycles. The first kappa shape index (κ1) is 18.3. The van der Waals surface area contributed by atoms with Gasteiger partial charge in [0, 0.05) is 17.3 Å². The molecule has 0 unspecified atom stereocenters. The van der Waals surface area contributed by atoms with E-state index < -0.39 is 11.7 Å². The van der Waals surface area contributed by atoms with Crippen molar-refractivity contribution in [1.29, 1.82) is 0 Å². The van der Waals surface area contributed by atoms with E-state index in [1.165, 1.54) is 24.3 Å². The summed E-state index contributed by atoms with van der Waals surface area (Å²) in [6.45, 7) is 1.78. The van der Waals surface area contributed by atoms with Gasteiger partial charge in [0.1, 0.15) is 11.5 Å².